The number of nitrogens with zero attached hydrogens (tertiary/aromatic N) is 4. The van der Waals surface area contributed by atoms with Crippen molar-refractivity contribution in [3.8, 4) is 0 Å². The van der Waals surface area contributed by atoms with E-state index in [1.165, 1.54) is 12.1 Å². The predicted octanol–water partition coefficient (Wildman–Crippen LogP) is 2.27. The highest BCUT2D eigenvalue weighted by molar-refractivity contribution is 5.92. The minimum atomic E-state index is -0.364. The van der Waals surface area contributed by atoms with Crippen molar-refractivity contribution in [3.63, 3.8) is 0 Å². The van der Waals surface area contributed by atoms with Gasteiger partial charge in [0.1, 0.15) is 5.82 Å². The maximum Gasteiger partial charge on any atom is 0.409 e. The zero-order valence-electron chi connectivity index (χ0n) is 14.9. The zero-order valence-corrected chi connectivity index (χ0v) is 14.9. The fourth-order valence-electron chi connectivity index (χ4n) is 2.70. The van der Waals surface area contributed by atoms with Gasteiger partial charge in [0.25, 0.3) is 5.91 Å². The van der Waals surface area contributed by atoms with Gasteiger partial charge in [-0.05, 0) is 37.3 Å². The molecule has 0 atom stereocenters. The number of carbonyl (C=O) groups excluding carboxylic acids is 2. The van der Waals surface area contributed by atoms with Crippen molar-refractivity contribution >= 4 is 23.5 Å². The van der Waals surface area contributed by atoms with E-state index in [9.17, 15) is 14.0 Å². The van der Waals surface area contributed by atoms with Gasteiger partial charge >= 0.3 is 6.09 Å². The number of nitrogens with one attached hydrogen (secondary N) is 1. The third-order valence-corrected chi connectivity index (χ3v) is 4.07. The van der Waals surface area contributed by atoms with Crippen molar-refractivity contribution in [3.05, 3.63) is 47.9 Å². The Balaban J connectivity index is 1.57. The molecule has 1 fully saturated rings. The maximum atomic E-state index is 13.2. The molecule has 0 bridgehead atoms. The number of carbonyl (C=O) groups is 2. The molecule has 2 heterocycles. The second-order valence-corrected chi connectivity index (χ2v) is 5.92. The Labute approximate surface area is 155 Å². The second kappa shape index (κ2) is 8.43. The molecule has 142 valence electrons. The van der Waals surface area contributed by atoms with Crippen LogP contribution in [-0.4, -0.2) is 64.8 Å². The van der Waals surface area contributed by atoms with E-state index < -0.39 is 0 Å². The summed E-state index contributed by atoms with van der Waals surface area (Å²) in [5, 5.41) is 10.8. The molecule has 1 aliphatic rings. The van der Waals surface area contributed by atoms with Crippen LogP contribution in [0.15, 0.2) is 36.4 Å². The lowest BCUT2D eigenvalue weighted by Crippen LogP contribution is -2.50. The highest BCUT2D eigenvalue weighted by Gasteiger charge is 2.26. The molecule has 0 aliphatic carbocycles. The van der Waals surface area contributed by atoms with E-state index in [4.69, 9.17) is 4.74 Å². The summed E-state index contributed by atoms with van der Waals surface area (Å²) in [6.45, 7) is 3.71. The quantitative estimate of drug-likeness (QED) is 0.885. The fraction of sp³-hybridized carbons (Fsp3) is 0.333. The predicted molar refractivity (Wildman–Crippen MR) is 96.2 cm³/mol. The monoisotopic (exact) mass is 373 g/mol. The minimum absolute atomic E-state index is 0.212. The van der Waals surface area contributed by atoms with Crippen molar-refractivity contribution in [1.82, 2.24) is 20.0 Å². The van der Waals surface area contributed by atoms with Gasteiger partial charge in [0.2, 0.25) is 0 Å². The van der Waals surface area contributed by atoms with E-state index in [0.29, 0.717) is 44.3 Å². The normalized spacial score (nSPS) is 14.0. The average Bonchev–Trinajstić information content (AvgIpc) is 2.68. The van der Waals surface area contributed by atoms with Gasteiger partial charge in [-0.15, -0.1) is 10.2 Å². The topological polar surface area (TPSA) is 87.7 Å². The van der Waals surface area contributed by atoms with Crippen LogP contribution in [0.5, 0.6) is 0 Å². The van der Waals surface area contributed by atoms with Crippen LogP contribution in [0.4, 0.5) is 20.7 Å². The van der Waals surface area contributed by atoms with Crippen LogP contribution in [0.2, 0.25) is 0 Å². The van der Waals surface area contributed by atoms with E-state index >= 15 is 0 Å². The van der Waals surface area contributed by atoms with Crippen LogP contribution in [0.25, 0.3) is 0 Å². The first-order chi connectivity index (χ1) is 13.1. The molecule has 1 saturated heterocycles. The molecular formula is C18H20FN5O3. The van der Waals surface area contributed by atoms with E-state index in [1.54, 1.807) is 41.0 Å². The van der Waals surface area contributed by atoms with Gasteiger partial charge in [0.05, 0.1) is 6.61 Å². The second-order valence-electron chi connectivity index (χ2n) is 5.92. The lowest BCUT2D eigenvalue weighted by Gasteiger charge is -2.33. The van der Waals surface area contributed by atoms with Gasteiger partial charge in [-0.25, -0.2) is 9.18 Å². The summed E-state index contributed by atoms with van der Waals surface area (Å²) in [5.41, 5.74) is 0.753. The third kappa shape index (κ3) is 4.69. The first-order valence-electron chi connectivity index (χ1n) is 8.64. The Kier molecular flexibility index (Phi) is 5.80. The van der Waals surface area contributed by atoms with Crippen LogP contribution < -0.4 is 5.32 Å². The van der Waals surface area contributed by atoms with Crippen LogP contribution in [0, 0.1) is 5.82 Å². The van der Waals surface area contributed by atoms with Crippen molar-refractivity contribution < 1.29 is 18.7 Å². The highest BCUT2D eigenvalue weighted by atomic mass is 19.1. The molecule has 0 saturated carbocycles. The molecule has 27 heavy (non-hydrogen) atoms. The summed E-state index contributed by atoms with van der Waals surface area (Å²) in [6, 6.07) is 9.14. The largest absolute Gasteiger partial charge is 0.450 e. The Bertz CT molecular complexity index is 807. The number of benzene rings is 1. The Hall–Kier alpha value is -3.23. The molecule has 1 N–H and O–H groups in total. The number of piperazine rings is 1. The SMILES string of the molecule is CCOC(=O)N1CCN(C(=O)c2ccc(Nc3cccc(F)c3)nn2)CC1. The van der Waals surface area contributed by atoms with E-state index in [-0.39, 0.29) is 23.5 Å². The van der Waals surface area contributed by atoms with Crippen LogP contribution in [-0.2, 0) is 4.74 Å². The standard InChI is InChI=1S/C18H20FN5O3/c1-2-27-18(26)24-10-8-23(9-11-24)17(25)15-6-7-16(22-21-15)20-14-5-3-4-13(19)12-14/h3-7,12H,2,8-11H2,1H3,(H,20,22). The first-order valence-corrected chi connectivity index (χ1v) is 8.64. The summed E-state index contributed by atoms with van der Waals surface area (Å²) in [7, 11) is 0. The summed E-state index contributed by atoms with van der Waals surface area (Å²) < 4.78 is 18.2. The number of ether oxygens (including phenoxy) is 1. The average molecular weight is 373 g/mol. The Morgan fingerprint density at radius 1 is 1.11 bits per heavy atom. The number of aromatic nitrogens is 2. The zero-order chi connectivity index (χ0) is 19.2. The Morgan fingerprint density at radius 3 is 2.48 bits per heavy atom. The molecule has 0 spiro atoms. The van der Waals surface area contributed by atoms with Gasteiger partial charge < -0.3 is 19.9 Å². The smallest absolute Gasteiger partial charge is 0.409 e. The van der Waals surface area contributed by atoms with E-state index in [1.807, 2.05) is 0 Å². The molecule has 1 aliphatic heterocycles. The third-order valence-electron chi connectivity index (χ3n) is 4.07. The Morgan fingerprint density at radius 2 is 1.85 bits per heavy atom. The molecule has 0 radical (unpaired) electrons. The van der Waals surface area contributed by atoms with Gasteiger partial charge in [-0.2, -0.15) is 0 Å². The molecule has 0 unspecified atom stereocenters. The molecule has 1 aromatic carbocycles. The summed E-state index contributed by atoms with van der Waals surface area (Å²) in [5.74, 6) is -0.200. The van der Waals surface area contributed by atoms with E-state index in [0.717, 1.165) is 0 Å². The number of amides is 2. The summed E-state index contributed by atoms with van der Waals surface area (Å²) in [4.78, 5) is 27.4. The van der Waals surface area contributed by atoms with Crippen molar-refractivity contribution in [1.29, 1.82) is 0 Å². The van der Waals surface area contributed by atoms with Gasteiger partial charge in [0, 0.05) is 31.9 Å². The lowest BCUT2D eigenvalue weighted by atomic mass is 10.2. The molecule has 9 heteroatoms. The number of anilines is 2. The fourth-order valence-corrected chi connectivity index (χ4v) is 2.70. The maximum absolute atomic E-state index is 13.2. The van der Waals surface area contributed by atoms with Crippen molar-refractivity contribution in [2.45, 2.75) is 6.92 Å². The first kappa shape index (κ1) is 18.6. The van der Waals surface area contributed by atoms with Crippen molar-refractivity contribution in [2.24, 2.45) is 0 Å². The number of rotatable bonds is 4. The number of halogens is 1. The molecule has 1 aromatic heterocycles. The van der Waals surface area contributed by atoms with Gasteiger partial charge in [0.15, 0.2) is 11.5 Å². The van der Waals surface area contributed by atoms with Crippen LogP contribution in [0.3, 0.4) is 0 Å². The van der Waals surface area contributed by atoms with Crippen LogP contribution in [0.1, 0.15) is 17.4 Å². The highest BCUT2D eigenvalue weighted by Crippen LogP contribution is 2.15. The summed E-state index contributed by atoms with van der Waals surface area (Å²) in [6.07, 6.45) is -0.364. The molecular weight excluding hydrogens is 353 g/mol. The van der Waals surface area contributed by atoms with E-state index in [2.05, 4.69) is 15.5 Å². The summed E-state index contributed by atoms with van der Waals surface area (Å²) >= 11 is 0. The molecule has 8 nitrogen and oxygen atoms in total. The van der Waals surface area contributed by atoms with Crippen LogP contribution >= 0.6 is 0 Å². The lowest BCUT2D eigenvalue weighted by molar-refractivity contribution is 0.0565. The molecule has 2 aromatic rings. The molecule has 2 amide bonds. The number of hydrogen-bond donors (Lipinski definition) is 1. The number of hydrogen-bond acceptors (Lipinski definition) is 6. The molecule has 3 rings (SSSR count). The minimum Gasteiger partial charge on any atom is -0.450 e. The van der Waals surface area contributed by atoms with Gasteiger partial charge in [-0.3, -0.25) is 4.79 Å². The van der Waals surface area contributed by atoms with Crippen molar-refractivity contribution in [2.75, 3.05) is 38.1 Å². The van der Waals surface area contributed by atoms with Gasteiger partial charge in [-0.1, -0.05) is 6.07 Å².